The first kappa shape index (κ1) is 18.7. The number of carbonyl (C=O) groups excluding carboxylic acids is 1. The number of nitrogens with zero attached hydrogens (tertiary/aromatic N) is 4. The van der Waals surface area contributed by atoms with Crippen LogP contribution in [-0.2, 0) is 17.8 Å². The van der Waals surface area contributed by atoms with Crippen molar-refractivity contribution in [3.63, 3.8) is 0 Å². The van der Waals surface area contributed by atoms with E-state index in [-0.39, 0.29) is 5.91 Å². The molecule has 1 amide bonds. The van der Waals surface area contributed by atoms with Gasteiger partial charge in [-0.3, -0.25) is 4.79 Å². The monoisotopic (exact) mass is 376 g/mol. The van der Waals surface area contributed by atoms with E-state index in [2.05, 4.69) is 53.1 Å². The van der Waals surface area contributed by atoms with Gasteiger partial charge in [0.2, 0.25) is 5.91 Å². The lowest BCUT2D eigenvalue weighted by Gasteiger charge is -2.23. The molecule has 0 atom stereocenters. The number of amides is 1. The summed E-state index contributed by atoms with van der Waals surface area (Å²) in [6.45, 7) is 8.88. The normalized spacial score (nSPS) is 13.9. The van der Waals surface area contributed by atoms with E-state index in [0.29, 0.717) is 25.4 Å². The Kier molecular flexibility index (Phi) is 4.92. The minimum absolute atomic E-state index is 0.236. The predicted octanol–water partition coefficient (Wildman–Crippen LogP) is 4.09. The molecule has 1 aromatic carbocycles. The minimum Gasteiger partial charge on any atom is -0.335 e. The lowest BCUT2D eigenvalue weighted by atomic mass is 10.1. The molecule has 0 radical (unpaired) electrons. The smallest absolute Gasteiger partial charge is 0.223 e. The summed E-state index contributed by atoms with van der Waals surface area (Å²) in [6.07, 6.45) is 3.46. The quantitative estimate of drug-likeness (QED) is 0.651. The molecule has 5 heteroatoms. The highest BCUT2D eigenvalue weighted by Crippen LogP contribution is 2.29. The van der Waals surface area contributed by atoms with Gasteiger partial charge in [0.05, 0.1) is 5.69 Å². The van der Waals surface area contributed by atoms with Crippen LogP contribution in [-0.4, -0.2) is 31.4 Å². The van der Waals surface area contributed by atoms with E-state index in [1.807, 2.05) is 24.4 Å². The molecule has 1 aliphatic carbocycles. The molecule has 4 rings (SSSR count). The summed E-state index contributed by atoms with van der Waals surface area (Å²) in [7, 11) is 0. The van der Waals surface area contributed by atoms with Crippen LogP contribution in [0.4, 0.5) is 0 Å². The van der Waals surface area contributed by atoms with Gasteiger partial charge in [0.15, 0.2) is 5.65 Å². The Morgan fingerprint density at radius 2 is 1.96 bits per heavy atom. The highest BCUT2D eigenvalue weighted by Gasteiger charge is 2.32. The summed E-state index contributed by atoms with van der Waals surface area (Å²) >= 11 is 0. The van der Waals surface area contributed by atoms with E-state index >= 15 is 0 Å². The average Bonchev–Trinajstić information content (AvgIpc) is 3.41. The zero-order chi connectivity index (χ0) is 19.8. The van der Waals surface area contributed by atoms with Crippen molar-refractivity contribution in [2.24, 2.45) is 0 Å². The van der Waals surface area contributed by atoms with Crippen LogP contribution in [0.15, 0.2) is 30.3 Å². The molecular weight excluding hydrogens is 348 g/mol. The minimum atomic E-state index is 0.236. The van der Waals surface area contributed by atoms with Crippen molar-refractivity contribution >= 4 is 11.6 Å². The lowest BCUT2D eigenvalue weighted by Crippen LogP contribution is -2.32. The summed E-state index contributed by atoms with van der Waals surface area (Å²) < 4.78 is 1.90. The second kappa shape index (κ2) is 7.38. The average molecular weight is 377 g/mol. The van der Waals surface area contributed by atoms with Gasteiger partial charge in [-0.05, 0) is 58.1 Å². The SMILES string of the molecule is Cc1cccc(CN(C(=O)CCc2c(C)nc3cc(C)nn3c2C)C2CC2)c1. The third-order valence-electron chi connectivity index (χ3n) is 5.62. The van der Waals surface area contributed by atoms with Crippen molar-refractivity contribution < 1.29 is 4.79 Å². The summed E-state index contributed by atoms with van der Waals surface area (Å²) in [5.74, 6) is 0.236. The van der Waals surface area contributed by atoms with Gasteiger partial charge in [-0.25, -0.2) is 9.50 Å². The van der Waals surface area contributed by atoms with Crippen LogP contribution >= 0.6 is 0 Å². The molecular formula is C23H28N4O. The first-order chi connectivity index (χ1) is 13.4. The van der Waals surface area contributed by atoms with Crippen LogP contribution in [0, 0.1) is 27.7 Å². The molecule has 1 saturated carbocycles. The molecule has 0 spiro atoms. The van der Waals surface area contributed by atoms with Crippen LogP contribution < -0.4 is 0 Å². The number of aromatic nitrogens is 3. The summed E-state index contributed by atoms with van der Waals surface area (Å²) in [5, 5.41) is 4.54. The van der Waals surface area contributed by atoms with Crippen molar-refractivity contribution in [3.05, 3.63) is 64.1 Å². The van der Waals surface area contributed by atoms with Gasteiger partial charge < -0.3 is 4.90 Å². The summed E-state index contributed by atoms with van der Waals surface area (Å²) in [6, 6.07) is 10.9. The first-order valence-electron chi connectivity index (χ1n) is 10.1. The van der Waals surface area contributed by atoms with E-state index in [1.54, 1.807) is 0 Å². The molecule has 1 fully saturated rings. The zero-order valence-electron chi connectivity index (χ0n) is 17.2. The highest BCUT2D eigenvalue weighted by atomic mass is 16.2. The maximum absolute atomic E-state index is 13.1. The van der Waals surface area contributed by atoms with Crippen molar-refractivity contribution in [3.8, 4) is 0 Å². The van der Waals surface area contributed by atoms with E-state index in [4.69, 9.17) is 0 Å². The van der Waals surface area contributed by atoms with Gasteiger partial charge in [0.25, 0.3) is 0 Å². The van der Waals surface area contributed by atoms with Crippen LogP contribution in [0.25, 0.3) is 5.65 Å². The number of rotatable bonds is 6. The first-order valence-corrected chi connectivity index (χ1v) is 10.1. The third kappa shape index (κ3) is 3.79. The Hall–Kier alpha value is -2.69. The number of hydrogen-bond acceptors (Lipinski definition) is 3. The molecule has 1 aliphatic rings. The Labute approximate surface area is 166 Å². The summed E-state index contributed by atoms with van der Waals surface area (Å²) in [5.41, 5.74) is 7.50. The van der Waals surface area contributed by atoms with Gasteiger partial charge in [0.1, 0.15) is 0 Å². The maximum atomic E-state index is 13.1. The fourth-order valence-corrected chi connectivity index (χ4v) is 3.99. The van der Waals surface area contributed by atoms with Crippen LogP contribution in [0.3, 0.4) is 0 Å². The van der Waals surface area contributed by atoms with Gasteiger partial charge in [-0.2, -0.15) is 5.10 Å². The highest BCUT2D eigenvalue weighted by molar-refractivity contribution is 5.77. The molecule has 28 heavy (non-hydrogen) atoms. The van der Waals surface area contributed by atoms with E-state index < -0.39 is 0 Å². The molecule has 2 aromatic heterocycles. The van der Waals surface area contributed by atoms with Gasteiger partial charge >= 0.3 is 0 Å². The second-order valence-corrected chi connectivity index (χ2v) is 8.06. The standard InChI is InChI=1S/C23H28N4O/c1-15-6-5-7-19(12-15)14-26(20-8-9-20)23(28)11-10-21-17(3)24-22-13-16(2)25-27(22)18(21)4/h5-7,12-13,20H,8-11,14H2,1-4H3. The van der Waals surface area contributed by atoms with Gasteiger partial charge in [0, 0.05) is 36.5 Å². The number of fused-ring (bicyclic) bond motifs is 1. The topological polar surface area (TPSA) is 50.5 Å². The van der Waals surface area contributed by atoms with Crippen LogP contribution in [0.1, 0.15) is 53.0 Å². The van der Waals surface area contributed by atoms with Crippen molar-refractivity contribution in [2.45, 2.75) is 66.0 Å². The molecule has 0 N–H and O–H groups in total. The molecule has 0 aliphatic heterocycles. The Balaban J connectivity index is 1.50. The number of carbonyl (C=O) groups is 1. The second-order valence-electron chi connectivity index (χ2n) is 8.06. The van der Waals surface area contributed by atoms with Crippen molar-refractivity contribution in [1.29, 1.82) is 0 Å². The Bertz CT molecular complexity index is 1030. The van der Waals surface area contributed by atoms with E-state index in [1.165, 1.54) is 11.1 Å². The van der Waals surface area contributed by atoms with Gasteiger partial charge in [-0.15, -0.1) is 0 Å². The number of hydrogen-bond donors (Lipinski definition) is 0. The summed E-state index contributed by atoms with van der Waals surface area (Å²) in [4.78, 5) is 19.8. The predicted molar refractivity (Wildman–Crippen MR) is 110 cm³/mol. The molecule has 0 unspecified atom stereocenters. The van der Waals surface area contributed by atoms with Crippen molar-refractivity contribution in [2.75, 3.05) is 0 Å². The molecule has 5 nitrogen and oxygen atoms in total. The number of aryl methyl sites for hydroxylation is 4. The van der Waals surface area contributed by atoms with Crippen LogP contribution in [0.2, 0.25) is 0 Å². The third-order valence-corrected chi connectivity index (χ3v) is 5.62. The molecule has 3 aromatic rings. The van der Waals surface area contributed by atoms with Gasteiger partial charge in [-0.1, -0.05) is 29.8 Å². The lowest BCUT2D eigenvalue weighted by molar-refractivity contribution is -0.132. The Morgan fingerprint density at radius 3 is 2.68 bits per heavy atom. The molecule has 146 valence electrons. The van der Waals surface area contributed by atoms with Crippen molar-refractivity contribution in [1.82, 2.24) is 19.5 Å². The van der Waals surface area contributed by atoms with Crippen LogP contribution in [0.5, 0.6) is 0 Å². The molecule has 0 bridgehead atoms. The van der Waals surface area contributed by atoms with E-state index in [9.17, 15) is 4.79 Å². The fourth-order valence-electron chi connectivity index (χ4n) is 3.99. The zero-order valence-corrected chi connectivity index (χ0v) is 17.2. The number of benzene rings is 1. The van der Waals surface area contributed by atoms with E-state index in [0.717, 1.165) is 41.1 Å². The Morgan fingerprint density at radius 1 is 1.18 bits per heavy atom. The maximum Gasteiger partial charge on any atom is 0.223 e. The fraction of sp³-hybridized carbons (Fsp3) is 0.435. The molecule has 0 saturated heterocycles. The molecule has 2 heterocycles. The largest absolute Gasteiger partial charge is 0.335 e.